The number of fused-ring (bicyclic) bond motifs is 1. The molecular formula is C26H24N4O4. The minimum absolute atomic E-state index is 0.0624. The first-order chi connectivity index (χ1) is 16.6. The predicted octanol–water partition coefficient (Wildman–Crippen LogP) is 4.36. The highest BCUT2D eigenvalue weighted by molar-refractivity contribution is 6.37. The molecule has 3 aromatic rings. The van der Waals surface area contributed by atoms with Crippen molar-refractivity contribution in [3.05, 3.63) is 99.6 Å². The molecule has 0 aliphatic carbocycles. The van der Waals surface area contributed by atoms with Crippen LogP contribution in [-0.4, -0.2) is 42.0 Å². The van der Waals surface area contributed by atoms with Crippen LogP contribution in [0.1, 0.15) is 16.7 Å². The Morgan fingerprint density at radius 1 is 1.03 bits per heavy atom. The Morgan fingerprint density at radius 3 is 2.47 bits per heavy atom. The van der Waals surface area contributed by atoms with Crippen molar-refractivity contribution in [3.8, 4) is 0 Å². The summed E-state index contributed by atoms with van der Waals surface area (Å²) >= 11 is 0. The van der Waals surface area contributed by atoms with Gasteiger partial charge in [0, 0.05) is 48.7 Å². The second-order valence-electron chi connectivity index (χ2n) is 8.27. The summed E-state index contributed by atoms with van der Waals surface area (Å²) in [7, 11) is 0. The largest absolute Gasteiger partial charge is 0.379 e. The van der Waals surface area contributed by atoms with E-state index in [9.17, 15) is 14.9 Å². The molecule has 2 heterocycles. The van der Waals surface area contributed by atoms with E-state index in [0.29, 0.717) is 22.5 Å². The summed E-state index contributed by atoms with van der Waals surface area (Å²) in [5, 5.41) is 17.6. The van der Waals surface area contributed by atoms with Gasteiger partial charge in [0.15, 0.2) is 0 Å². The molecule has 2 aliphatic rings. The minimum Gasteiger partial charge on any atom is -0.379 e. The number of nitro groups is 1. The number of anilines is 2. The van der Waals surface area contributed by atoms with E-state index in [4.69, 9.17) is 4.74 Å². The highest BCUT2D eigenvalue weighted by Gasteiger charge is 2.30. The molecule has 172 valence electrons. The lowest BCUT2D eigenvalue weighted by Gasteiger charge is -2.26. The summed E-state index contributed by atoms with van der Waals surface area (Å²) in [5.74, 6) is -0.300. The first kappa shape index (κ1) is 21.8. The van der Waals surface area contributed by atoms with Crippen molar-refractivity contribution in [3.63, 3.8) is 0 Å². The maximum atomic E-state index is 13.0. The molecule has 2 aliphatic heterocycles. The fourth-order valence-electron chi connectivity index (χ4n) is 4.26. The number of morpholine rings is 1. The van der Waals surface area contributed by atoms with Crippen LogP contribution in [0.15, 0.2) is 72.8 Å². The van der Waals surface area contributed by atoms with Crippen LogP contribution in [0.25, 0.3) is 11.3 Å². The van der Waals surface area contributed by atoms with Gasteiger partial charge >= 0.3 is 0 Å². The third kappa shape index (κ3) is 4.54. The molecular weight excluding hydrogens is 432 g/mol. The maximum absolute atomic E-state index is 13.0. The van der Waals surface area contributed by atoms with Crippen LogP contribution in [0.5, 0.6) is 0 Å². The van der Waals surface area contributed by atoms with Crippen molar-refractivity contribution in [2.45, 2.75) is 6.54 Å². The first-order valence-corrected chi connectivity index (χ1v) is 11.1. The van der Waals surface area contributed by atoms with Gasteiger partial charge in [0.1, 0.15) is 0 Å². The van der Waals surface area contributed by atoms with Crippen molar-refractivity contribution < 1.29 is 14.5 Å². The zero-order valence-electron chi connectivity index (χ0n) is 18.5. The van der Waals surface area contributed by atoms with Crippen molar-refractivity contribution in [2.75, 3.05) is 36.9 Å². The SMILES string of the molecule is O=C1Nc2ccc([N+](=O)[O-])cc2C1=C(Nc1ccc(CN2CCOCC2)cc1)c1ccccc1. The van der Waals surface area contributed by atoms with Gasteiger partial charge in [0.25, 0.3) is 11.6 Å². The van der Waals surface area contributed by atoms with E-state index < -0.39 is 4.92 Å². The number of hydrogen-bond acceptors (Lipinski definition) is 6. The number of amides is 1. The molecule has 0 radical (unpaired) electrons. The number of rotatable bonds is 6. The lowest BCUT2D eigenvalue weighted by molar-refractivity contribution is -0.384. The van der Waals surface area contributed by atoms with Gasteiger partial charge in [-0.05, 0) is 29.3 Å². The molecule has 34 heavy (non-hydrogen) atoms. The molecule has 0 aromatic heterocycles. The van der Waals surface area contributed by atoms with Crippen molar-refractivity contribution in [1.82, 2.24) is 4.90 Å². The van der Waals surface area contributed by atoms with Gasteiger partial charge in [-0.2, -0.15) is 0 Å². The van der Waals surface area contributed by atoms with Crippen LogP contribution in [0.2, 0.25) is 0 Å². The molecule has 8 heteroatoms. The lowest BCUT2D eigenvalue weighted by Crippen LogP contribution is -2.35. The van der Waals surface area contributed by atoms with Gasteiger partial charge in [-0.3, -0.25) is 19.8 Å². The fourth-order valence-corrected chi connectivity index (χ4v) is 4.26. The Morgan fingerprint density at radius 2 is 1.76 bits per heavy atom. The Balaban J connectivity index is 1.50. The molecule has 0 unspecified atom stereocenters. The minimum atomic E-state index is -0.455. The summed E-state index contributed by atoms with van der Waals surface area (Å²) in [6, 6.07) is 22.0. The van der Waals surface area contributed by atoms with E-state index in [1.807, 2.05) is 42.5 Å². The number of nitro benzene ring substituents is 1. The van der Waals surface area contributed by atoms with E-state index in [-0.39, 0.29) is 11.6 Å². The van der Waals surface area contributed by atoms with Gasteiger partial charge in [0.2, 0.25) is 0 Å². The second-order valence-corrected chi connectivity index (χ2v) is 8.27. The highest BCUT2D eigenvalue weighted by atomic mass is 16.6. The Hall–Kier alpha value is -4.01. The van der Waals surface area contributed by atoms with Crippen LogP contribution < -0.4 is 10.6 Å². The van der Waals surface area contributed by atoms with Crippen molar-refractivity contribution in [2.24, 2.45) is 0 Å². The molecule has 0 spiro atoms. The van der Waals surface area contributed by atoms with Crippen LogP contribution in [0.4, 0.5) is 17.1 Å². The van der Waals surface area contributed by atoms with Crippen LogP contribution in [-0.2, 0) is 16.1 Å². The molecule has 5 rings (SSSR count). The van der Waals surface area contributed by atoms with Gasteiger partial charge in [-0.1, -0.05) is 42.5 Å². The molecule has 8 nitrogen and oxygen atoms in total. The van der Waals surface area contributed by atoms with Gasteiger partial charge in [-0.25, -0.2) is 0 Å². The average Bonchev–Trinajstić information content (AvgIpc) is 3.19. The quantitative estimate of drug-likeness (QED) is 0.325. The molecule has 3 aromatic carbocycles. The maximum Gasteiger partial charge on any atom is 0.270 e. The van der Waals surface area contributed by atoms with Gasteiger partial charge < -0.3 is 15.4 Å². The zero-order chi connectivity index (χ0) is 23.5. The van der Waals surface area contributed by atoms with Crippen LogP contribution in [0, 0.1) is 10.1 Å². The Bertz CT molecular complexity index is 1250. The number of nitrogens with zero attached hydrogens (tertiary/aromatic N) is 2. The number of non-ortho nitro benzene ring substituents is 1. The third-order valence-corrected chi connectivity index (χ3v) is 6.00. The lowest BCUT2D eigenvalue weighted by atomic mass is 9.99. The number of hydrogen-bond donors (Lipinski definition) is 2. The topological polar surface area (TPSA) is 96.7 Å². The van der Waals surface area contributed by atoms with E-state index in [0.717, 1.165) is 44.1 Å². The van der Waals surface area contributed by atoms with E-state index in [2.05, 4.69) is 27.7 Å². The molecule has 1 amide bonds. The molecule has 0 atom stereocenters. The fraction of sp³-hybridized carbons (Fsp3) is 0.192. The van der Waals surface area contributed by atoms with Crippen LogP contribution >= 0.6 is 0 Å². The van der Waals surface area contributed by atoms with Gasteiger partial charge in [0.05, 0.1) is 29.4 Å². The average molecular weight is 457 g/mol. The number of carbonyl (C=O) groups excluding carboxylic acids is 1. The zero-order valence-corrected chi connectivity index (χ0v) is 18.5. The summed E-state index contributed by atoms with van der Waals surface area (Å²) < 4.78 is 5.42. The predicted molar refractivity (Wildman–Crippen MR) is 131 cm³/mol. The summed E-state index contributed by atoms with van der Waals surface area (Å²) in [4.78, 5) is 26.3. The van der Waals surface area contributed by atoms with Gasteiger partial charge in [-0.15, -0.1) is 0 Å². The third-order valence-electron chi connectivity index (χ3n) is 6.00. The molecule has 1 fully saturated rings. The van der Waals surface area contributed by atoms with E-state index in [1.54, 1.807) is 6.07 Å². The van der Waals surface area contributed by atoms with Crippen molar-refractivity contribution >= 4 is 34.2 Å². The smallest absolute Gasteiger partial charge is 0.270 e. The summed E-state index contributed by atoms with van der Waals surface area (Å²) in [6.45, 7) is 4.22. The highest BCUT2D eigenvalue weighted by Crippen LogP contribution is 2.39. The van der Waals surface area contributed by atoms with Crippen molar-refractivity contribution in [1.29, 1.82) is 0 Å². The summed E-state index contributed by atoms with van der Waals surface area (Å²) in [5.41, 5.74) is 4.80. The Labute approximate surface area is 197 Å². The first-order valence-electron chi connectivity index (χ1n) is 11.1. The normalized spacial score (nSPS) is 17.1. The molecule has 1 saturated heterocycles. The number of benzene rings is 3. The Kier molecular flexibility index (Phi) is 6.07. The summed E-state index contributed by atoms with van der Waals surface area (Å²) in [6.07, 6.45) is 0. The number of ether oxygens (including phenoxy) is 1. The van der Waals surface area contributed by atoms with E-state index >= 15 is 0 Å². The molecule has 0 bridgehead atoms. The molecule has 2 N–H and O–H groups in total. The molecule has 0 saturated carbocycles. The standard InChI is InChI=1S/C26H24N4O4/c31-26-24(22-16-21(30(32)33)10-11-23(22)28-26)25(19-4-2-1-3-5-19)27-20-8-6-18(7-9-20)17-29-12-14-34-15-13-29/h1-11,16,27H,12-15,17H2,(H,28,31). The number of carbonyl (C=O) groups is 1. The monoisotopic (exact) mass is 456 g/mol. The second kappa shape index (κ2) is 9.46. The van der Waals surface area contributed by atoms with Crippen LogP contribution in [0.3, 0.4) is 0 Å². The van der Waals surface area contributed by atoms with E-state index in [1.165, 1.54) is 17.7 Å². The number of nitrogens with one attached hydrogen (secondary N) is 2.